The molecule has 3 aromatic rings. The normalized spacial score (nSPS) is 11.3. The Hall–Kier alpha value is -2.15. The van der Waals surface area contributed by atoms with Gasteiger partial charge in [-0.2, -0.15) is 0 Å². The molecule has 0 N–H and O–H groups in total. The number of hydrogen-bond donors (Lipinski definition) is 0. The van der Waals surface area contributed by atoms with Gasteiger partial charge in [-0.25, -0.2) is 18.4 Å². The van der Waals surface area contributed by atoms with E-state index in [2.05, 4.69) is 9.97 Å². The van der Waals surface area contributed by atoms with Crippen molar-refractivity contribution in [2.75, 3.05) is 11.4 Å². The number of nitrogens with zero attached hydrogens (tertiary/aromatic N) is 3. The van der Waals surface area contributed by atoms with Gasteiger partial charge in [0, 0.05) is 18.7 Å². The van der Waals surface area contributed by atoms with E-state index in [0.717, 1.165) is 4.31 Å². The molecule has 2 aromatic carbocycles. The lowest BCUT2D eigenvalue weighted by molar-refractivity contribution is 0.594. The minimum Gasteiger partial charge on any atom is -0.253 e. The van der Waals surface area contributed by atoms with Crippen molar-refractivity contribution in [3.63, 3.8) is 0 Å². The van der Waals surface area contributed by atoms with Crippen LogP contribution in [0, 0.1) is 0 Å². The van der Waals surface area contributed by atoms with Crippen LogP contribution in [0.15, 0.2) is 65.8 Å². The number of hydrogen-bond acceptors (Lipinski definition) is 4. The third-order valence-corrected chi connectivity index (χ3v) is 6.11. The van der Waals surface area contributed by atoms with Gasteiger partial charge in [0.1, 0.15) is 12.1 Å². The summed E-state index contributed by atoms with van der Waals surface area (Å²) in [5, 5.41) is 0.827. The van der Waals surface area contributed by atoms with Crippen molar-refractivity contribution >= 4 is 39.0 Å². The van der Waals surface area contributed by atoms with Crippen LogP contribution >= 0.6 is 23.2 Å². The number of aromatic nitrogens is 2. The van der Waals surface area contributed by atoms with E-state index in [9.17, 15) is 8.42 Å². The first-order valence-corrected chi connectivity index (χ1v) is 9.40. The van der Waals surface area contributed by atoms with Crippen molar-refractivity contribution in [1.82, 2.24) is 9.97 Å². The number of rotatable bonds is 4. The van der Waals surface area contributed by atoms with Gasteiger partial charge in [0.15, 0.2) is 0 Å². The number of benzene rings is 2. The fourth-order valence-corrected chi connectivity index (χ4v) is 3.67. The van der Waals surface area contributed by atoms with Gasteiger partial charge in [-0.3, -0.25) is 4.31 Å². The second kappa shape index (κ2) is 7.00. The zero-order valence-corrected chi connectivity index (χ0v) is 15.4. The van der Waals surface area contributed by atoms with Crippen LogP contribution in [0.1, 0.15) is 0 Å². The minimum atomic E-state index is -3.71. The largest absolute Gasteiger partial charge is 0.265 e. The molecule has 0 aliphatic rings. The van der Waals surface area contributed by atoms with Gasteiger partial charge < -0.3 is 0 Å². The molecule has 0 aliphatic carbocycles. The molecule has 0 bridgehead atoms. The Morgan fingerprint density at radius 1 is 0.920 bits per heavy atom. The number of anilines is 1. The molecule has 0 fully saturated rings. The van der Waals surface area contributed by atoms with E-state index in [1.54, 1.807) is 42.5 Å². The average Bonchev–Trinajstić information content (AvgIpc) is 2.64. The number of halogens is 2. The molecule has 0 saturated carbocycles. The van der Waals surface area contributed by atoms with Crippen molar-refractivity contribution in [2.45, 2.75) is 4.90 Å². The Bertz CT molecular complexity index is 1010. The highest BCUT2D eigenvalue weighted by atomic mass is 35.5. The monoisotopic (exact) mass is 393 g/mol. The first kappa shape index (κ1) is 17.7. The van der Waals surface area contributed by atoms with E-state index in [1.807, 2.05) is 0 Å². The van der Waals surface area contributed by atoms with Crippen molar-refractivity contribution in [3.8, 4) is 11.3 Å². The molecule has 1 aromatic heterocycles. The first-order valence-electron chi connectivity index (χ1n) is 7.21. The van der Waals surface area contributed by atoms with Crippen LogP contribution in [0.4, 0.5) is 5.82 Å². The smallest absolute Gasteiger partial charge is 0.253 e. The van der Waals surface area contributed by atoms with E-state index in [0.29, 0.717) is 21.3 Å². The van der Waals surface area contributed by atoms with Crippen LogP contribution in [-0.2, 0) is 10.0 Å². The fraction of sp³-hybridized carbons (Fsp3) is 0.0588. The van der Waals surface area contributed by atoms with Crippen molar-refractivity contribution in [1.29, 1.82) is 0 Å². The van der Waals surface area contributed by atoms with E-state index in [-0.39, 0.29) is 10.7 Å². The quantitative estimate of drug-likeness (QED) is 0.663. The maximum Gasteiger partial charge on any atom is 0.265 e. The van der Waals surface area contributed by atoms with Crippen LogP contribution in [0.5, 0.6) is 0 Å². The standard InChI is InChI=1S/C17H13Cl2N3O2S/c1-22(25(23,24)13-5-3-2-4-6-13)17-10-16(20-11-21-17)12-7-8-14(18)15(19)9-12/h2-11H,1H3. The highest BCUT2D eigenvalue weighted by molar-refractivity contribution is 7.92. The molecular weight excluding hydrogens is 381 g/mol. The highest BCUT2D eigenvalue weighted by Crippen LogP contribution is 2.29. The van der Waals surface area contributed by atoms with Crippen molar-refractivity contribution < 1.29 is 8.42 Å². The van der Waals surface area contributed by atoms with Crippen LogP contribution in [0.3, 0.4) is 0 Å². The van der Waals surface area contributed by atoms with Crippen LogP contribution in [0.25, 0.3) is 11.3 Å². The Morgan fingerprint density at radius 3 is 2.32 bits per heavy atom. The van der Waals surface area contributed by atoms with E-state index in [4.69, 9.17) is 23.2 Å². The molecule has 128 valence electrons. The average molecular weight is 394 g/mol. The lowest BCUT2D eigenvalue weighted by Gasteiger charge is -2.18. The fourth-order valence-electron chi connectivity index (χ4n) is 2.21. The zero-order chi connectivity index (χ0) is 18.0. The van der Waals surface area contributed by atoms with Gasteiger partial charge in [0.25, 0.3) is 10.0 Å². The summed E-state index contributed by atoms with van der Waals surface area (Å²) >= 11 is 12.0. The Morgan fingerprint density at radius 2 is 1.64 bits per heavy atom. The molecular formula is C17H13Cl2N3O2S. The summed E-state index contributed by atoms with van der Waals surface area (Å²) in [6.45, 7) is 0. The first-order chi connectivity index (χ1) is 11.9. The van der Waals surface area contributed by atoms with Gasteiger partial charge in [-0.05, 0) is 24.3 Å². The summed E-state index contributed by atoms with van der Waals surface area (Å²) in [5.41, 5.74) is 1.25. The molecule has 0 radical (unpaired) electrons. The Kier molecular flexibility index (Phi) is 4.94. The molecule has 0 atom stereocenters. The molecule has 5 nitrogen and oxygen atoms in total. The molecule has 0 aliphatic heterocycles. The van der Waals surface area contributed by atoms with E-state index < -0.39 is 10.0 Å². The summed E-state index contributed by atoms with van der Waals surface area (Å²) in [6, 6.07) is 14.8. The van der Waals surface area contributed by atoms with Gasteiger partial charge in [-0.15, -0.1) is 0 Å². The lowest BCUT2D eigenvalue weighted by Crippen LogP contribution is -2.27. The van der Waals surface area contributed by atoms with E-state index in [1.165, 1.54) is 25.5 Å². The van der Waals surface area contributed by atoms with Crippen LogP contribution < -0.4 is 4.31 Å². The summed E-state index contributed by atoms with van der Waals surface area (Å²) in [5.74, 6) is 0.250. The highest BCUT2D eigenvalue weighted by Gasteiger charge is 2.22. The number of sulfonamides is 1. The molecule has 0 amide bonds. The minimum absolute atomic E-state index is 0.187. The second-order valence-corrected chi connectivity index (χ2v) is 7.96. The van der Waals surface area contributed by atoms with Crippen molar-refractivity contribution in [3.05, 3.63) is 71.0 Å². The zero-order valence-electron chi connectivity index (χ0n) is 13.1. The van der Waals surface area contributed by atoms with Gasteiger partial charge >= 0.3 is 0 Å². The second-order valence-electron chi connectivity index (χ2n) is 5.18. The molecule has 0 saturated heterocycles. The Labute approximate surface area is 155 Å². The van der Waals surface area contributed by atoms with Gasteiger partial charge in [-0.1, -0.05) is 47.5 Å². The van der Waals surface area contributed by atoms with E-state index >= 15 is 0 Å². The predicted molar refractivity (Wildman–Crippen MR) is 99.5 cm³/mol. The van der Waals surface area contributed by atoms with Gasteiger partial charge in [0.2, 0.25) is 0 Å². The lowest BCUT2D eigenvalue weighted by atomic mass is 10.1. The molecule has 0 spiro atoms. The summed E-state index contributed by atoms with van der Waals surface area (Å²) in [4.78, 5) is 8.44. The summed E-state index contributed by atoms with van der Waals surface area (Å²) in [7, 11) is -2.26. The summed E-state index contributed by atoms with van der Waals surface area (Å²) < 4.78 is 26.5. The van der Waals surface area contributed by atoms with Gasteiger partial charge in [0.05, 0.1) is 20.6 Å². The van der Waals surface area contributed by atoms with Crippen LogP contribution in [0.2, 0.25) is 10.0 Å². The third-order valence-electron chi connectivity index (χ3n) is 3.59. The SMILES string of the molecule is CN(c1cc(-c2ccc(Cl)c(Cl)c2)ncn1)S(=O)(=O)c1ccccc1. The molecule has 3 rings (SSSR count). The summed E-state index contributed by atoms with van der Waals surface area (Å²) in [6.07, 6.45) is 1.31. The maximum absolute atomic E-state index is 12.7. The molecule has 0 unspecified atom stereocenters. The molecule has 8 heteroatoms. The Balaban J connectivity index is 2.00. The molecule has 1 heterocycles. The maximum atomic E-state index is 12.7. The van der Waals surface area contributed by atoms with Crippen molar-refractivity contribution in [2.24, 2.45) is 0 Å². The predicted octanol–water partition coefficient (Wildman–Crippen LogP) is 4.28. The third kappa shape index (κ3) is 3.61. The van der Waals surface area contributed by atoms with Crippen LogP contribution in [-0.4, -0.2) is 25.4 Å². The topological polar surface area (TPSA) is 63.2 Å². The molecule has 25 heavy (non-hydrogen) atoms.